The van der Waals surface area contributed by atoms with Gasteiger partial charge >= 0.3 is 0 Å². The average molecular weight is 301 g/mol. The van der Waals surface area contributed by atoms with Gasteiger partial charge in [0.15, 0.2) is 5.13 Å². The van der Waals surface area contributed by atoms with Crippen LogP contribution in [0, 0.1) is 6.92 Å². The second-order valence-electron chi connectivity index (χ2n) is 5.52. The summed E-state index contributed by atoms with van der Waals surface area (Å²) in [6.07, 6.45) is 0.884. The van der Waals surface area contributed by atoms with E-state index in [0.717, 1.165) is 22.9 Å². The zero-order valence-electron chi connectivity index (χ0n) is 12.5. The first kappa shape index (κ1) is 14.1. The first-order valence-corrected chi connectivity index (χ1v) is 8.01. The number of nitrogens with one attached hydrogen (secondary N) is 1. The summed E-state index contributed by atoms with van der Waals surface area (Å²) in [7, 11) is 0. The smallest absolute Gasteiger partial charge is 0.224 e. The molecular formula is C16H19N3OS. The van der Waals surface area contributed by atoms with Crippen LogP contribution in [0.4, 0.5) is 10.8 Å². The molecule has 21 heavy (non-hydrogen) atoms. The van der Waals surface area contributed by atoms with Crippen LogP contribution in [0.1, 0.15) is 37.6 Å². The minimum atomic E-state index is 0.0958. The maximum atomic E-state index is 11.9. The summed E-state index contributed by atoms with van der Waals surface area (Å²) in [4.78, 5) is 18.3. The zero-order chi connectivity index (χ0) is 15.0. The van der Waals surface area contributed by atoms with Gasteiger partial charge in [0.05, 0.1) is 11.7 Å². The third kappa shape index (κ3) is 2.65. The lowest BCUT2D eigenvalue weighted by Crippen LogP contribution is -2.43. The zero-order valence-corrected chi connectivity index (χ0v) is 13.3. The van der Waals surface area contributed by atoms with E-state index in [1.54, 1.807) is 18.3 Å². The van der Waals surface area contributed by atoms with Crippen molar-refractivity contribution in [2.45, 2.75) is 39.3 Å². The molecule has 1 aromatic heterocycles. The Labute approximate surface area is 128 Å². The lowest BCUT2D eigenvalue weighted by Gasteiger charge is -2.39. The monoisotopic (exact) mass is 301 g/mol. The number of rotatable bonds is 2. The number of aromatic nitrogens is 1. The van der Waals surface area contributed by atoms with Crippen molar-refractivity contribution in [3.8, 4) is 0 Å². The molecule has 0 saturated heterocycles. The van der Waals surface area contributed by atoms with Gasteiger partial charge in [0.25, 0.3) is 0 Å². The Hall–Kier alpha value is -1.88. The van der Waals surface area contributed by atoms with Crippen molar-refractivity contribution in [3.05, 3.63) is 40.9 Å². The molecule has 2 heterocycles. The minimum absolute atomic E-state index is 0.0958. The molecule has 1 N–H and O–H groups in total. The number of carbonyl (C=O) groups is 1. The first-order chi connectivity index (χ1) is 10.1. The van der Waals surface area contributed by atoms with E-state index >= 15 is 0 Å². The van der Waals surface area contributed by atoms with E-state index in [1.807, 2.05) is 35.4 Å². The lowest BCUT2D eigenvalue weighted by molar-refractivity contribution is -0.117. The maximum Gasteiger partial charge on any atom is 0.224 e. The van der Waals surface area contributed by atoms with E-state index in [0.29, 0.717) is 0 Å². The van der Waals surface area contributed by atoms with E-state index in [4.69, 9.17) is 0 Å². The number of anilines is 2. The van der Waals surface area contributed by atoms with Crippen LogP contribution in [0.2, 0.25) is 0 Å². The molecule has 5 heteroatoms. The fourth-order valence-electron chi connectivity index (χ4n) is 3.00. The van der Waals surface area contributed by atoms with Crippen LogP contribution in [0.15, 0.2) is 29.6 Å². The van der Waals surface area contributed by atoms with Crippen LogP contribution in [-0.2, 0) is 4.79 Å². The highest BCUT2D eigenvalue weighted by Crippen LogP contribution is 2.39. The Balaban J connectivity index is 1.96. The normalized spacial score (nSPS) is 21.0. The molecule has 0 unspecified atom stereocenters. The highest BCUT2D eigenvalue weighted by Gasteiger charge is 2.32. The molecule has 1 amide bonds. The van der Waals surface area contributed by atoms with Crippen LogP contribution in [0.3, 0.4) is 0 Å². The van der Waals surface area contributed by atoms with Gasteiger partial charge in [-0.2, -0.15) is 0 Å². The predicted octanol–water partition coefficient (Wildman–Crippen LogP) is 3.75. The molecule has 0 radical (unpaired) electrons. The van der Waals surface area contributed by atoms with Gasteiger partial charge in [-0.1, -0.05) is 18.2 Å². The van der Waals surface area contributed by atoms with Crippen LogP contribution in [-0.4, -0.2) is 16.9 Å². The molecule has 2 aromatic rings. The van der Waals surface area contributed by atoms with Crippen LogP contribution in [0.5, 0.6) is 0 Å². The van der Waals surface area contributed by atoms with Crippen LogP contribution >= 0.6 is 11.3 Å². The topological polar surface area (TPSA) is 45.2 Å². The predicted molar refractivity (Wildman–Crippen MR) is 86.9 cm³/mol. The van der Waals surface area contributed by atoms with E-state index in [2.05, 4.69) is 23.3 Å². The van der Waals surface area contributed by atoms with E-state index in [-0.39, 0.29) is 18.0 Å². The number of thiazole rings is 1. The summed E-state index contributed by atoms with van der Waals surface area (Å²) < 4.78 is 0. The minimum Gasteiger partial charge on any atom is -0.355 e. The van der Waals surface area contributed by atoms with Gasteiger partial charge in [0.2, 0.25) is 5.91 Å². The van der Waals surface area contributed by atoms with Crippen molar-refractivity contribution in [3.63, 3.8) is 0 Å². The Kier molecular flexibility index (Phi) is 3.68. The molecule has 0 fully saturated rings. The van der Waals surface area contributed by atoms with Crippen molar-refractivity contribution in [1.82, 2.24) is 4.98 Å². The van der Waals surface area contributed by atoms with Crippen molar-refractivity contribution in [1.29, 1.82) is 0 Å². The number of carbonyl (C=O) groups excluding carboxylic acids is 1. The number of benzene rings is 1. The van der Waals surface area contributed by atoms with E-state index in [1.165, 1.54) is 5.56 Å². The first-order valence-electron chi connectivity index (χ1n) is 7.13. The van der Waals surface area contributed by atoms with Crippen molar-refractivity contribution in [2.24, 2.45) is 0 Å². The molecule has 0 spiro atoms. The maximum absolute atomic E-state index is 11.9. The molecular weight excluding hydrogens is 282 g/mol. The number of amides is 1. The summed E-state index contributed by atoms with van der Waals surface area (Å²) in [5, 5.41) is 6.50. The molecule has 4 nitrogen and oxygen atoms in total. The average Bonchev–Trinajstić information content (AvgIpc) is 2.83. The van der Waals surface area contributed by atoms with Gasteiger partial charge in [-0.3, -0.25) is 4.79 Å². The van der Waals surface area contributed by atoms with Gasteiger partial charge in [0, 0.05) is 24.0 Å². The summed E-state index contributed by atoms with van der Waals surface area (Å²) in [5.74, 6) is 0.0958. The molecule has 3 rings (SSSR count). The lowest BCUT2D eigenvalue weighted by atomic mass is 9.92. The summed E-state index contributed by atoms with van der Waals surface area (Å²) in [5.41, 5.74) is 3.21. The molecule has 0 aliphatic carbocycles. The second-order valence-corrected chi connectivity index (χ2v) is 6.38. The van der Waals surface area contributed by atoms with Gasteiger partial charge in [0.1, 0.15) is 0 Å². The van der Waals surface area contributed by atoms with Crippen molar-refractivity contribution in [2.75, 3.05) is 10.2 Å². The van der Waals surface area contributed by atoms with E-state index < -0.39 is 0 Å². The third-order valence-electron chi connectivity index (χ3n) is 3.85. The number of hydrogen-bond acceptors (Lipinski definition) is 4. The van der Waals surface area contributed by atoms with Crippen LogP contribution < -0.4 is 10.2 Å². The number of aryl methyl sites for hydroxylation is 1. The number of fused-ring (bicyclic) bond motifs is 1. The van der Waals surface area contributed by atoms with Gasteiger partial charge in [-0.05, 0) is 31.9 Å². The second kappa shape index (κ2) is 5.48. The number of para-hydroxylation sites is 1. The standard InChI is InChI=1S/C16H19N3OS/c1-10-9-21-16(17-10)18-14-8-11(2)19(12(3)20)15-7-5-4-6-13(14)15/h4-7,9,11,14H,8H2,1-3H3,(H,17,18)/t11-,14+/m0/s1. The van der Waals surface area contributed by atoms with Crippen molar-refractivity contribution >= 4 is 28.1 Å². The van der Waals surface area contributed by atoms with Gasteiger partial charge in [-0.25, -0.2) is 4.98 Å². The Morgan fingerprint density at radius 3 is 2.86 bits per heavy atom. The summed E-state index contributed by atoms with van der Waals surface area (Å²) >= 11 is 1.62. The quantitative estimate of drug-likeness (QED) is 0.919. The molecule has 110 valence electrons. The summed E-state index contributed by atoms with van der Waals surface area (Å²) in [6, 6.07) is 8.49. The third-order valence-corrected chi connectivity index (χ3v) is 4.74. The van der Waals surface area contributed by atoms with Crippen LogP contribution in [0.25, 0.3) is 0 Å². The molecule has 1 aliphatic heterocycles. The fraction of sp³-hybridized carbons (Fsp3) is 0.375. The fourth-order valence-corrected chi connectivity index (χ4v) is 3.74. The Bertz CT molecular complexity index is 667. The molecule has 1 aromatic carbocycles. The number of nitrogens with zero attached hydrogens (tertiary/aromatic N) is 2. The highest BCUT2D eigenvalue weighted by molar-refractivity contribution is 7.13. The largest absolute Gasteiger partial charge is 0.355 e. The van der Waals surface area contributed by atoms with Gasteiger partial charge < -0.3 is 10.2 Å². The van der Waals surface area contributed by atoms with Crippen molar-refractivity contribution < 1.29 is 4.79 Å². The van der Waals surface area contributed by atoms with Gasteiger partial charge in [-0.15, -0.1) is 11.3 Å². The molecule has 0 bridgehead atoms. The molecule has 1 aliphatic rings. The summed E-state index contributed by atoms with van der Waals surface area (Å²) in [6.45, 7) is 5.72. The molecule has 2 atom stereocenters. The highest BCUT2D eigenvalue weighted by atomic mass is 32.1. The Morgan fingerprint density at radius 2 is 2.19 bits per heavy atom. The molecule has 0 saturated carbocycles. The number of hydrogen-bond donors (Lipinski definition) is 1. The Morgan fingerprint density at radius 1 is 1.43 bits per heavy atom. The SMILES string of the molecule is CC(=O)N1c2ccccc2[C@H](Nc2nc(C)cs2)C[C@@H]1C. The van der Waals surface area contributed by atoms with E-state index in [9.17, 15) is 4.79 Å².